The van der Waals surface area contributed by atoms with Gasteiger partial charge in [0, 0.05) is 12.5 Å². The molecule has 7 heteroatoms. The number of carbonyl (C=O) groups excluding carboxylic acids is 2. The molecule has 98 valence electrons. The van der Waals surface area contributed by atoms with Crippen LogP contribution in [0, 0.1) is 0 Å². The van der Waals surface area contributed by atoms with Gasteiger partial charge in [0.15, 0.2) is 5.69 Å². The summed E-state index contributed by atoms with van der Waals surface area (Å²) < 4.78 is 4.56. The van der Waals surface area contributed by atoms with Crippen molar-refractivity contribution in [2.45, 2.75) is 19.4 Å². The van der Waals surface area contributed by atoms with Gasteiger partial charge in [-0.2, -0.15) is 0 Å². The number of rotatable bonds is 5. The Kier molecular flexibility index (Phi) is 4.47. The predicted molar refractivity (Wildman–Crippen MR) is 66.9 cm³/mol. The minimum absolute atomic E-state index is 0.139. The second-order valence-corrected chi connectivity index (χ2v) is 3.84. The molecule has 7 nitrogen and oxygen atoms in total. The lowest BCUT2D eigenvalue weighted by Crippen LogP contribution is -2.25. The maximum Gasteiger partial charge on any atom is 0.356 e. The van der Waals surface area contributed by atoms with Gasteiger partial charge in [0.05, 0.1) is 12.8 Å². The highest BCUT2D eigenvalue weighted by Gasteiger charge is 2.13. The van der Waals surface area contributed by atoms with E-state index in [1.807, 2.05) is 0 Å². The third-order valence-corrected chi connectivity index (χ3v) is 2.21. The van der Waals surface area contributed by atoms with Crippen LogP contribution in [0.2, 0.25) is 0 Å². The van der Waals surface area contributed by atoms with Crippen molar-refractivity contribution in [1.82, 2.24) is 4.98 Å². The topological polar surface area (TPSA) is 120 Å². The Hall–Kier alpha value is -2.31. The van der Waals surface area contributed by atoms with E-state index in [9.17, 15) is 9.59 Å². The largest absolute Gasteiger partial charge is 0.464 e. The predicted octanol–water partition coefficient (Wildman–Crippen LogP) is 0.126. The Balaban J connectivity index is 2.87. The maximum absolute atomic E-state index is 11.3. The molecule has 0 aromatic carbocycles. The molecule has 1 unspecified atom stereocenters. The van der Waals surface area contributed by atoms with Crippen molar-refractivity contribution in [2.75, 3.05) is 18.2 Å². The molecule has 0 aliphatic rings. The highest BCUT2D eigenvalue weighted by atomic mass is 16.5. The monoisotopic (exact) mass is 252 g/mol. The molecular weight excluding hydrogens is 236 g/mol. The number of amides is 1. The third-order valence-electron chi connectivity index (χ3n) is 2.21. The van der Waals surface area contributed by atoms with E-state index in [-0.39, 0.29) is 18.2 Å². The van der Waals surface area contributed by atoms with Crippen LogP contribution in [0.1, 0.15) is 23.8 Å². The number of esters is 1. The molecule has 0 radical (unpaired) electrons. The summed E-state index contributed by atoms with van der Waals surface area (Å²) in [5, 5.41) is 2.92. The molecule has 0 spiro atoms. The van der Waals surface area contributed by atoms with Crippen LogP contribution in [0.25, 0.3) is 0 Å². The number of hydrogen-bond donors (Lipinski definition) is 3. The standard InChI is InChI=1S/C11H16N4O3/c1-6(5-9(13)16)14-10-7(12)3-4-8(15-10)11(17)18-2/h3-4,6H,5,12H2,1-2H3,(H2,13,16)(H,14,15). The molecule has 0 aliphatic heterocycles. The van der Waals surface area contributed by atoms with Gasteiger partial charge in [-0.05, 0) is 19.1 Å². The van der Waals surface area contributed by atoms with Crippen molar-refractivity contribution in [3.63, 3.8) is 0 Å². The lowest BCUT2D eigenvalue weighted by atomic mass is 10.2. The summed E-state index contributed by atoms with van der Waals surface area (Å²) in [6.45, 7) is 1.76. The number of nitrogens with one attached hydrogen (secondary N) is 1. The number of anilines is 2. The summed E-state index contributed by atoms with van der Waals surface area (Å²) in [5.74, 6) is -0.662. The Bertz CT molecular complexity index is 462. The maximum atomic E-state index is 11.3. The molecule has 0 fully saturated rings. The second kappa shape index (κ2) is 5.85. The van der Waals surface area contributed by atoms with Crippen molar-refractivity contribution >= 4 is 23.4 Å². The van der Waals surface area contributed by atoms with Crippen LogP contribution in [-0.2, 0) is 9.53 Å². The van der Waals surface area contributed by atoms with Crippen molar-refractivity contribution in [2.24, 2.45) is 5.73 Å². The fourth-order valence-corrected chi connectivity index (χ4v) is 1.39. The van der Waals surface area contributed by atoms with E-state index < -0.39 is 11.9 Å². The number of pyridine rings is 1. The lowest BCUT2D eigenvalue weighted by Gasteiger charge is -2.14. The lowest BCUT2D eigenvalue weighted by molar-refractivity contribution is -0.118. The molecule has 5 N–H and O–H groups in total. The number of methoxy groups -OCH3 is 1. The van der Waals surface area contributed by atoms with Crippen LogP contribution < -0.4 is 16.8 Å². The van der Waals surface area contributed by atoms with Gasteiger partial charge >= 0.3 is 5.97 Å². The van der Waals surface area contributed by atoms with Crippen LogP contribution in [0.3, 0.4) is 0 Å². The number of primary amides is 1. The highest BCUT2D eigenvalue weighted by molar-refractivity contribution is 5.88. The van der Waals surface area contributed by atoms with Gasteiger partial charge in [0.2, 0.25) is 5.91 Å². The number of hydrogen-bond acceptors (Lipinski definition) is 6. The minimum atomic E-state index is -0.555. The van der Waals surface area contributed by atoms with Crippen LogP contribution >= 0.6 is 0 Å². The number of nitrogen functional groups attached to an aromatic ring is 1. The zero-order valence-corrected chi connectivity index (χ0v) is 10.3. The van der Waals surface area contributed by atoms with Crippen molar-refractivity contribution in [3.8, 4) is 0 Å². The molecule has 0 aliphatic carbocycles. The van der Waals surface area contributed by atoms with E-state index in [4.69, 9.17) is 11.5 Å². The van der Waals surface area contributed by atoms with E-state index in [1.54, 1.807) is 13.0 Å². The zero-order valence-electron chi connectivity index (χ0n) is 10.3. The zero-order chi connectivity index (χ0) is 13.7. The van der Waals surface area contributed by atoms with Crippen molar-refractivity contribution in [3.05, 3.63) is 17.8 Å². The van der Waals surface area contributed by atoms with Crippen molar-refractivity contribution < 1.29 is 14.3 Å². The molecule has 0 saturated carbocycles. The quantitative estimate of drug-likeness (QED) is 0.640. The first-order valence-corrected chi connectivity index (χ1v) is 5.33. The highest BCUT2D eigenvalue weighted by Crippen LogP contribution is 2.17. The fourth-order valence-electron chi connectivity index (χ4n) is 1.39. The summed E-state index contributed by atoms with van der Waals surface area (Å²) in [4.78, 5) is 26.1. The Morgan fingerprint density at radius 1 is 1.50 bits per heavy atom. The summed E-state index contributed by atoms with van der Waals surface area (Å²) in [6, 6.07) is 2.77. The molecule has 18 heavy (non-hydrogen) atoms. The van der Waals surface area contributed by atoms with Gasteiger partial charge < -0.3 is 21.5 Å². The molecule has 1 rings (SSSR count). The number of nitrogens with zero attached hydrogens (tertiary/aromatic N) is 1. The van der Waals surface area contributed by atoms with E-state index in [0.717, 1.165) is 0 Å². The van der Waals surface area contributed by atoms with Gasteiger partial charge in [0.1, 0.15) is 5.82 Å². The van der Waals surface area contributed by atoms with Crippen molar-refractivity contribution in [1.29, 1.82) is 0 Å². The number of nitrogens with two attached hydrogens (primary N) is 2. The smallest absolute Gasteiger partial charge is 0.356 e. The molecule has 0 bridgehead atoms. The fraction of sp³-hybridized carbons (Fsp3) is 0.364. The number of carbonyl (C=O) groups is 2. The summed E-state index contributed by atoms with van der Waals surface area (Å²) in [7, 11) is 1.27. The van der Waals surface area contributed by atoms with E-state index in [0.29, 0.717) is 11.5 Å². The van der Waals surface area contributed by atoms with Gasteiger partial charge in [-0.1, -0.05) is 0 Å². The van der Waals surface area contributed by atoms with Crippen LogP contribution in [0.15, 0.2) is 12.1 Å². The first kappa shape index (κ1) is 13.8. The molecular formula is C11H16N4O3. The third kappa shape index (κ3) is 3.62. The second-order valence-electron chi connectivity index (χ2n) is 3.84. The first-order chi connectivity index (χ1) is 8.43. The minimum Gasteiger partial charge on any atom is -0.464 e. The summed E-state index contributed by atoms with van der Waals surface area (Å²) in [5.41, 5.74) is 11.3. The molecule has 1 amide bonds. The molecule has 1 aromatic rings. The normalized spacial score (nSPS) is 11.7. The number of ether oxygens (including phenoxy) is 1. The summed E-state index contributed by atoms with van der Waals surface area (Å²) in [6.07, 6.45) is 0.142. The van der Waals surface area contributed by atoms with E-state index >= 15 is 0 Å². The average molecular weight is 252 g/mol. The molecule has 1 atom stereocenters. The Morgan fingerprint density at radius 2 is 2.17 bits per heavy atom. The molecule has 1 aromatic heterocycles. The Morgan fingerprint density at radius 3 is 2.72 bits per heavy atom. The average Bonchev–Trinajstić information content (AvgIpc) is 2.30. The van der Waals surface area contributed by atoms with Gasteiger partial charge in [-0.15, -0.1) is 0 Å². The molecule has 0 saturated heterocycles. The van der Waals surface area contributed by atoms with Crippen LogP contribution in [0.5, 0.6) is 0 Å². The number of aromatic nitrogens is 1. The Labute approximate surface area is 105 Å². The van der Waals surface area contributed by atoms with Gasteiger partial charge in [-0.3, -0.25) is 4.79 Å². The van der Waals surface area contributed by atoms with Gasteiger partial charge in [0.25, 0.3) is 0 Å². The molecule has 1 heterocycles. The van der Waals surface area contributed by atoms with E-state index in [2.05, 4.69) is 15.0 Å². The van der Waals surface area contributed by atoms with Crippen LogP contribution in [0.4, 0.5) is 11.5 Å². The van der Waals surface area contributed by atoms with Gasteiger partial charge in [-0.25, -0.2) is 9.78 Å². The van der Waals surface area contributed by atoms with E-state index in [1.165, 1.54) is 13.2 Å². The first-order valence-electron chi connectivity index (χ1n) is 5.33. The SMILES string of the molecule is COC(=O)c1ccc(N)c(NC(C)CC(N)=O)n1. The summed E-state index contributed by atoms with van der Waals surface area (Å²) >= 11 is 0. The van der Waals surface area contributed by atoms with Crippen LogP contribution in [-0.4, -0.2) is 30.0 Å².